The summed E-state index contributed by atoms with van der Waals surface area (Å²) < 4.78 is 5.42. The first-order valence-corrected chi connectivity index (χ1v) is 6.45. The van der Waals surface area contributed by atoms with Crippen LogP contribution in [0.25, 0.3) is 0 Å². The Morgan fingerprint density at radius 1 is 1.50 bits per heavy atom. The van der Waals surface area contributed by atoms with Crippen LogP contribution in [0, 0.1) is 0 Å². The molecule has 18 heavy (non-hydrogen) atoms. The molecule has 98 valence electrons. The van der Waals surface area contributed by atoms with Crippen LogP contribution in [0.1, 0.15) is 12.8 Å². The SMILES string of the molecule is NC1CCCN(C(=O)COc2ccccc2Cl)C1. The smallest absolute Gasteiger partial charge is 0.260 e. The normalized spacial score (nSPS) is 19.7. The number of amides is 1. The van der Waals surface area contributed by atoms with E-state index >= 15 is 0 Å². The molecule has 0 radical (unpaired) electrons. The summed E-state index contributed by atoms with van der Waals surface area (Å²) in [6, 6.07) is 7.21. The van der Waals surface area contributed by atoms with E-state index in [2.05, 4.69) is 0 Å². The minimum atomic E-state index is -0.0370. The van der Waals surface area contributed by atoms with Gasteiger partial charge in [-0.05, 0) is 25.0 Å². The molecule has 1 fully saturated rings. The van der Waals surface area contributed by atoms with Gasteiger partial charge >= 0.3 is 0 Å². The molecule has 1 aliphatic heterocycles. The molecule has 2 N–H and O–H groups in total. The summed E-state index contributed by atoms with van der Waals surface area (Å²) in [7, 11) is 0. The van der Waals surface area contributed by atoms with Crippen LogP contribution in [-0.2, 0) is 4.79 Å². The van der Waals surface area contributed by atoms with Gasteiger partial charge in [0.05, 0.1) is 5.02 Å². The zero-order valence-electron chi connectivity index (χ0n) is 10.1. The van der Waals surface area contributed by atoms with Crippen molar-refractivity contribution in [1.29, 1.82) is 0 Å². The predicted molar refractivity (Wildman–Crippen MR) is 70.7 cm³/mol. The van der Waals surface area contributed by atoms with E-state index in [0.717, 1.165) is 19.4 Å². The molecular weight excluding hydrogens is 252 g/mol. The van der Waals surface area contributed by atoms with Gasteiger partial charge in [-0.2, -0.15) is 0 Å². The first kappa shape index (κ1) is 13.2. The number of piperidine rings is 1. The maximum Gasteiger partial charge on any atom is 0.260 e. The summed E-state index contributed by atoms with van der Waals surface area (Å²) in [5.41, 5.74) is 5.84. The minimum absolute atomic E-state index is 0.0104. The molecule has 0 aromatic heterocycles. The van der Waals surface area contributed by atoms with Gasteiger partial charge in [-0.1, -0.05) is 23.7 Å². The summed E-state index contributed by atoms with van der Waals surface area (Å²) in [4.78, 5) is 13.7. The summed E-state index contributed by atoms with van der Waals surface area (Å²) in [6.45, 7) is 1.39. The molecule has 1 saturated heterocycles. The van der Waals surface area contributed by atoms with Crippen LogP contribution in [0.5, 0.6) is 5.75 Å². The van der Waals surface area contributed by atoms with E-state index < -0.39 is 0 Å². The summed E-state index contributed by atoms with van der Waals surface area (Å²) in [5.74, 6) is 0.499. The number of carbonyl (C=O) groups excluding carboxylic acids is 1. The van der Waals surface area contributed by atoms with Crippen molar-refractivity contribution in [3.05, 3.63) is 29.3 Å². The lowest BCUT2D eigenvalue weighted by atomic mass is 10.1. The van der Waals surface area contributed by atoms with Crippen molar-refractivity contribution < 1.29 is 9.53 Å². The van der Waals surface area contributed by atoms with E-state index in [-0.39, 0.29) is 18.6 Å². The van der Waals surface area contributed by atoms with Gasteiger partial charge in [0.1, 0.15) is 5.75 Å². The van der Waals surface area contributed by atoms with Gasteiger partial charge in [0.25, 0.3) is 5.91 Å². The van der Waals surface area contributed by atoms with Crippen LogP contribution in [0.15, 0.2) is 24.3 Å². The number of carbonyl (C=O) groups is 1. The molecule has 4 nitrogen and oxygen atoms in total. The van der Waals surface area contributed by atoms with Crippen molar-refractivity contribution in [2.45, 2.75) is 18.9 Å². The third kappa shape index (κ3) is 3.37. The number of benzene rings is 1. The molecule has 1 unspecified atom stereocenters. The Hall–Kier alpha value is -1.26. The lowest BCUT2D eigenvalue weighted by Gasteiger charge is -2.30. The van der Waals surface area contributed by atoms with Crippen LogP contribution < -0.4 is 10.5 Å². The Bertz CT molecular complexity index is 425. The van der Waals surface area contributed by atoms with Gasteiger partial charge in [0, 0.05) is 19.1 Å². The summed E-state index contributed by atoms with van der Waals surface area (Å²) in [5, 5.41) is 0.514. The lowest BCUT2D eigenvalue weighted by Crippen LogP contribution is -2.47. The summed E-state index contributed by atoms with van der Waals surface area (Å²) in [6.07, 6.45) is 1.94. The largest absolute Gasteiger partial charge is 0.482 e. The van der Waals surface area contributed by atoms with E-state index in [9.17, 15) is 4.79 Å². The number of nitrogens with two attached hydrogens (primary N) is 1. The molecule has 0 aliphatic carbocycles. The number of hydrogen-bond acceptors (Lipinski definition) is 3. The number of hydrogen-bond donors (Lipinski definition) is 1. The van der Waals surface area contributed by atoms with Crippen molar-refractivity contribution in [3.8, 4) is 5.75 Å². The predicted octanol–water partition coefficient (Wildman–Crippen LogP) is 1.67. The average Bonchev–Trinajstić information content (AvgIpc) is 2.37. The van der Waals surface area contributed by atoms with Gasteiger partial charge in [-0.25, -0.2) is 0 Å². The molecule has 1 heterocycles. The highest BCUT2D eigenvalue weighted by Gasteiger charge is 2.21. The number of ether oxygens (including phenoxy) is 1. The number of likely N-dealkylation sites (tertiary alicyclic amines) is 1. The molecule has 5 heteroatoms. The zero-order chi connectivity index (χ0) is 13.0. The molecular formula is C13H17ClN2O2. The average molecular weight is 269 g/mol. The van der Waals surface area contributed by atoms with Crippen LogP contribution in [0.3, 0.4) is 0 Å². The summed E-state index contributed by atoms with van der Waals surface area (Å²) >= 11 is 5.95. The molecule has 0 bridgehead atoms. The van der Waals surface area contributed by atoms with E-state index in [1.165, 1.54) is 0 Å². The van der Waals surface area contributed by atoms with E-state index in [1.807, 2.05) is 12.1 Å². The third-order valence-electron chi connectivity index (χ3n) is 3.00. The van der Waals surface area contributed by atoms with Crippen LogP contribution in [-0.4, -0.2) is 36.5 Å². The van der Waals surface area contributed by atoms with Gasteiger partial charge in [0.15, 0.2) is 6.61 Å². The second-order valence-corrected chi connectivity index (χ2v) is 4.87. The van der Waals surface area contributed by atoms with Crippen LogP contribution >= 0.6 is 11.6 Å². The maximum absolute atomic E-state index is 11.9. The van der Waals surface area contributed by atoms with Gasteiger partial charge < -0.3 is 15.4 Å². The number of nitrogens with zero attached hydrogens (tertiary/aromatic N) is 1. The van der Waals surface area contributed by atoms with Gasteiger partial charge in [0.2, 0.25) is 0 Å². The molecule has 0 spiro atoms. The van der Waals surface area contributed by atoms with Crippen molar-refractivity contribution in [3.63, 3.8) is 0 Å². The number of rotatable bonds is 3. The molecule has 1 aliphatic rings. The minimum Gasteiger partial charge on any atom is -0.482 e. The van der Waals surface area contributed by atoms with E-state index in [1.54, 1.807) is 17.0 Å². The van der Waals surface area contributed by atoms with Crippen molar-refractivity contribution in [2.75, 3.05) is 19.7 Å². The highest BCUT2D eigenvalue weighted by atomic mass is 35.5. The van der Waals surface area contributed by atoms with Gasteiger partial charge in [-0.3, -0.25) is 4.79 Å². The van der Waals surface area contributed by atoms with Crippen molar-refractivity contribution >= 4 is 17.5 Å². The Labute approximate surface area is 112 Å². The lowest BCUT2D eigenvalue weighted by molar-refractivity contribution is -0.134. The number of halogens is 1. The second kappa shape index (κ2) is 6.07. The maximum atomic E-state index is 11.9. The Kier molecular flexibility index (Phi) is 4.44. The molecule has 1 amide bonds. The van der Waals surface area contributed by atoms with Gasteiger partial charge in [-0.15, -0.1) is 0 Å². The number of para-hydroxylation sites is 1. The molecule has 1 atom stereocenters. The molecule has 1 aromatic rings. The van der Waals surface area contributed by atoms with Crippen molar-refractivity contribution in [1.82, 2.24) is 4.90 Å². The first-order chi connectivity index (χ1) is 8.66. The van der Waals surface area contributed by atoms with E-state index in [4.69, 9.17) is 22.1 Å². The Balaban J connectivity index is 1.86. The Morgan fingerprint density at radius 3 is 3.00 bits per heavy atom. The topological polar surface area (TPSA) is 55.6 Å². The monoisotopic (exact) mass is 268 g/mol. The van der Waals surface area contributed by atoms with Crippen LogP contribution in [0.4, 0.5) is 0 Å². The fraction of sp³-hybridized carbons (Fsp3) is 0.462. The fourth-order valence-electron chi connectivity index (χ4n) is 2.03. The molecule has 0 saturated carbocycles. The first-order valence-electron chi connectivity index (χ1n) is 6.07. The second-order valence-electron chi connectivity index (χ2n) is 4.46. The zero-order valence-corrected chi connectivity index (χ0v) is 10.9. The highest BCUT2D eigenvalue weighted by Crippen LogP contribution is 2.23. The molecule has 1 aromatic carbocycles. The third-order valence-corrected chi connectivity index (χ3v) is 3.31. The van der Waals surface area contributed by atoms with E-state index in [0.29, 0.717) is 17.3 Å². The Morgan fingerprint density at radius 2 is 2.28 bits per heavy atom. The van der Waals surface area contributed by atoms with Crippen molar-refractivity contribution in [2.24, 2.45) is 5.73 Å². The fourth-order valence-corrected chi connectivity index (χ4v) is 2.22. The quantitative estimate of drug-likeness (QED) is 0.907. The highest BCUT2D eigenvalue weighted by molar-refractivity contribution is 6.32. The van der Waals surface area contributed by atoms with Crippen LogP contribution in [0.2, 0.25) is 5.02 Å². The molecule has 2 rings (SSSR count). The standard InChI is InChI=1S/C13H17ClN2O2/c14-11-5-1-2-6-12(11)18-9-13(17)16-7-3-4-10(15)8-16/h1-2,5-6,10H,3-4,7-9,15H2.